The smallest absolute Gasteiger partial charge is 0.222 e. The molecule has 25 heavy (non-hydrogen) atoms. The molecule has 2 aliphatic heterocycles. The number of nitrogens with zero attached hydrogens (tertiary/aromatic N) is 3. The lowest BCUT2D eigenvalue weighted by Gasteiger charge is -2.32. The van der Waals surface area contributed by atoms with E-state index in [1.165, 1.54) is 11.1 Å². The van der Waals surface area contributed by atoms with Gasteiger partial charge in [0.25, 0.3) is 0 Å². The average molecular weight is 342 g/mol. The largest absolute Gasteiger partial charge is 0.356 e. The van der Waals surface area contributed by atoms with E-state index in [2.05, 4.69) is 51.3 Å². The highest BCUT2D eigenvalue weighted by atomic mass is 16.2. The van der Waals surface area contributed by atoms with E-state index >= 15 is 0 Å². The first-order valence-electron chi connectivity index (χ1n) is 9.54. The second kappa shape index (κ2) is 8.37. The number of carbonyl (C=O) groups is 1. The first-order chi connectivity index (χ1) is 12.2. The molecule has 1 unspecified atom stereocenters. The van der Waals surface area contributed by atoms with Crippen LogP contribution in [0.2, 0.25) is 0 Å². The highest BCUT2D eigenvalue weighted by Gasteiger charge is 2.26. The van der Waals surface area contributed by atoms with Gasteiger partial charge < -0.3 is 15.1 Å². The van der Waals surface area contributed by atoms with Gasteiger partial charge in [-0.25, -0.2) is 0 Å². The minimum Gasteiger partial charge on any atom is -0.356 e. The maximum Gasteiger partial charge on any atom is 0.222 e. The van der Waals surface area contributed by atoms with Gasteiger partial charge in [0, 0.05) is 45.7 Å². The van der Waals surface area contributed by atoms with E-state index in [-0.39, 0.29) is 0 Å². The third kappa shape index (κ3) is 4.14. The number of amides is 1. The fourth-order valence-electron chi connectivity index (χ4n) is 3.99. The SMILES string of the molecule is CCC(CCNC(=NC)N1CCc2ccccc2C1)N1CCCC1=O. The van der Waals surface area contributed by atoms with Crippen LogP contribution in [0.5, 0.6) is 0 Å². The fraction of sp³-hybridized carbons (Fsp3) is 0.600. The minimum absolute atomic E-state index is 0.323. The minimum atomic E-state index is 0.323. The van der Waals surface area contributed by atoms with Crippen LogP contribution in [0, 0.1) is 0 Å². The summed E-state index contributed by atoms with van der Waals surface area (Å²) in [6.45, 7) is 5.87. The second-order valence-corrected chi connectivity index (χ2v) is 6.96. The van der Waals surface area contributed by atoms with Crippen molar-refractivity contribution >= 4 is 11.9 Å². The third-order valence-electron chi connectivity index (χ3n) is 5.42. The van der Waals surface area contributed by atoms with Crippen molar-refractivity contribution in [3.05, 3.63) is 35.4 Å². The number of hydrogen-bond donors (Lipinski definition) is 1. The number of benzene rings is 1. The number of fused-ring (bicyclic) bond motifs is 1. The third-order valence-corrected chi connectivity index (χ3v) is 5.42. The molecule has 0 aromatic heterocycles. The molecule has 1 N–H and O–H groups in total. The van der Waals surface area contributed by atoms with E-state index < -0.39 is 0 Å². The summed E-state index contributed by atoms with van der Waals surface area (Å²) in [7, 11) is 1.85. The molecule has 2 heterocycles. The van der Waals surface area contributed by atoms with Crippen LogP contribution < -0.4 is 5.32 Å². The van der Waals surface area contributed by atoms with Gasteiger partial charge in [0.1, 0.15) is 0 Å². The molecule has 2 aliphatic rings. The lowest BCUT2D eigenvalue weighted by molar-refractivity contribution is -0.129. The number of guanidine groups is 1. The first kappa shape index (κ1) is 17.8. The maximum atomic E-state index is 12.0. The van der Waals surface area contributed by atoms with Crippen LogP contribution in [0.25, 0.3) is 0 Å². The average Bonchev–Trinajstić information content (AvgIpc) is 3.07. The van der Waals surface area contributed by atoms with Crippen molar-refractivity contribution in [1.29, 1.82) is 0 Å². The molecule has 0 spiro atoms. The molecule has 1 amide bonds. The van der Waals surface area contributed by atoms with Crippen molar-refractivity contribution in [2.24, 2.45) is 4.99 Å². The summed E-state index contributed by atoms with van der Waals surface area (Å²) in [5.41, 5.74) is 2.85. The Morgan fingerprint density at radius 3 is 2.72 bits per heavy atom. The maximum absolute atomic E-state index is 12.0. The van der Waals surface area contributed by atoms with Crippen molar-refractivity contribution in [3.8, 4) is 0 Å². The lowest BCUT2D eigenvalue weighted by Crippen LogP contribution is -2.45. The molecule has 3 rings (SSSR count). The van der Waals surface area contributed by atoms with Gasteiger partial charge in [0.2, 0.25) is 5.91 Å². The quantitative estimate of drug-likeness (QED) is 0.660. The van der Waals surface area contributed by atoms with Gasteiger partial charge in [-0.05, 0) is 36.8 Å². The number of carbonyl (C=O) groups excluding carboxylic acids is 1. The summed E-state index contributed by atoms with van der Waals surface area (Å²) < 4.78 is 0. The Kier molecular flexibility index (Phi) is 5.95. The molecule has 0 saturated carbocycles. The van der Waals surface area contributed by atoms with Gasteiger partial charge in [0.05, 0.1) is 0 Å². The Labute approximate surface area is 151 Å². The van der Waals surface area contributed by atoms with Gasteiger partial charge in [-0.1, -0.05) is 31.2 Å². The molecule has 136 valence electrons. The molecule has 0 radical (unpaired) electrons. The van der Waals surface area contributed by atoms with Crippen LogP contribution in [0.4, 0.5) is 0 Å². The van der Waals surface area contributed by atoms with E-state index in [0.29, 0.717) is 11.9 Å². The van der Waals surface area contributed by atoms with E-state index in [0.717, 1.165) is 64.2 Å². The summed E-state index contributed by atoms with van der Waals surface area (Å²) in [6, 6.07) is 9.01. The normalized spacial score (nSPS) is 19.1. The Balaban J connectivity index is 1.52. The molecule has 1 aromatic carbocycles. The van der Waals surface area contributed by atoms with Crippen LogP contribution in [0.1, 0.15) is 43.7 Å². The van der Waals surface area contributed by atoms with Crippen molar-refractivity contribution in [2.75, 3.05) is 26.7 Å². The van der Waals surface area contributed by atoms with Crippen molar-refractivity contribution in [2.45, 2.75) is 51.6 Å². The highest BCUT2D eigenvalue weighted by Crippen LogP contribution is 2.19. The van der Waals surface area contributed by atoms with Gasteiger partial charge in [-0.15, -0.1) is 0 Å². The zero-order valence-electron chi connectivity index (χ0n) is 15.5. The van der Waals surface area contributed by atoms with Crippen LogP contribution >= 0.6 is 0 Å². The van der Waals surface area contributed by atoms with E-state index in [4.69, 9.17) is 0 Å². The van der Waals surface area contributed by atoms with Crippen molar-refractivity contribution in [3.63, 3.8) is 0 Å². The summed E-state index contributed by atoms with van der Waals surface area (Å²) >= 11 is 0. The predicted molar refractivity (Wildman–Crippen MR) is 102 cm³/mol. The molecule has 1 fully saturated rings. The van der Waals surface area contributed by atoms with Crippen LogP contribution in [0.15, 0.2) is 29.3 Å². The van der Waals surface area contributed by atoms with Gasteiger partial charge in [-0.3, -0.25) is 9.79 Å². The summed E-state index contributed by atoms with van der Waals surface area (Å²) in [6.07, 6.45) is 4.79. The van der Waals surface area contributed by atoms with Crippen LogP contribution in [0.3, 0.4) is 0 Å². The zero-order chi connectivity index (χ0) is 17.6. The number of nitrogens with one attached hydrogen (secondary N) is 1. The molecular formula is C20H30N4O. The fourth-order valence-corrected chi connectivity index (χ4v) is 3.99. The zero-order valence-corrected chi connectivity index (χ0v) is 15.5. The Morgan fingerprint density at radius 2 is 2.04 bits per heavy atom. The molecular weight excluding hydrogens is 312 g/mol. The standard InChI is InChI=1S/C20H30N4O/c1-3-18(24-13-6-9-19(24)25)10-12-22-20(21-2)23-14-11-16-7-4-5-8-17(16)15-23/h4-5,7-8,18H,3,6,9-15H2,1-2H3,(H,21,22). The molecule has 5 nitrogen and oxygen atoms in total. The van der Waals surface area contributed by atoms with Gasteiger partial charge in [-0.2, -0.15) is 0 Å². The van der Waals surface area contributed by atoms with E-state index in [1.54, 1.807) is 0 Å². The van der Waals surface area contributed by atoms with Gasteiger partial charge in [0.15, 0.2) is 5.96 Å². The molecule has 1 atom stereocenters. The van der Waals surface area contributed by atoms with Crippen LogP contribution in [-0.2, 0) is 17.8 Å². The Bertz CT molecular complexity index is 628. The number of likely N-dealkylation sites (tertiary alicyclic amines) is 1. The lowest BCUT2D eigenvalue weighted by atomic mass is 10.0. The Hall–Kier alpha value is -2.04. The number of rotatable bonds is 5. The Morgan fingerprint density at radius 1 is 1.24 bits per heavy atom. The van der Waals surface area contributed by atoms with Gasteiger partial charge >= 0.3 is 0 Å². The highest BCUT2D eigenvalue weighted by molar-refractivity contribution is 5.80. The van der Waals surface area contributed by atoms with E-state index in [1.807, 2.05) is 7.05 Å². The summed E-state index contributed by atoms with van der Waals surface area (Å²) in [4.78, 5) is 20.8. The number of hydrogen-bond acceptors (Lipinski definition) is 2. The monoisotopic (exact) mass is 342 g/mol. The van der Waals surface area contributed by atoms with Crippen LogP contribution in [-0.4, -0.2) is 54.4 Å². The number of aliphatic imine (C=N–C) groups is 1. The summed E-state index contributed by atoms with van der Waals surface area (Å²) in [5, 5.41) is 3.51. The molecule has 0 bridgehead atoms. The topological polar surface area (TPSA) is 47.9 Å². The molecule has 1 aromatic rings. The van der Waals surface area contributed by atoms with Crippen molar-refractivity contribution in [1.82, 2.24) is 15.1 Å². The van der Waals surface area contributed by atoms with Crippen molar-refractivity contribution < 1.29 is 4.79 Å². The predicted octanol–water partition coefficient (Wildman–Crippen LogP) is 2.41. The first-order valence-corrected chi connectivity index (χ1v) is 9.54. The molecule has 1 saturated heterocycles. The summed E-state index contributed by atoms with van der Waals surface area (Å²) in [5.74, 6) is 1.29. The second-order valence-electron chi connectivity index (χ2n) is 6.96. The van der Waals surface area contributed by atoms with E-state index in [9.17, 15) is 4.79 Å². The molecule has 0 aliphatic carbocycles. The molecule has 5 heteroatoms.